The van der Waals surface area contributed by atoms with Gasteiger partial charge in [-0.1, -0.05) is 6.92 Å². The summed E-state index contributed by atoms with van der Waals surface area (Å²) in [6.45, 7) is 3.88. The molecule has 0 fully saturated rings. The van der Waals surface area contributed by atoms with Gasteiger partial charge < -0.3 is 10.4 Å². The Hall–Kier alpha value is -1.91. The number of hydrogen-bond acceptors (Lipinski definition) is 2. The van der Waals surface area contributed by atoms with Gasteiger partial charge in [0.2, 0.25) is 0 Å². The minimum Gasteiger partial charge on any atom is -0.481 e. The van der Waals surface area contributed by atoms with Gasteiger partial charge in [0.1, 0.15) is 5.82 Å². The first-order valence-corrected chi connectivity index (χ1v) is 6.16. The Bertz CT molecular complexity index is 474. The van der Waals surface area contributed by atoms with E-state index in [2.05, 4.69) is 5.32 Å². The first-order chi connectivity index (χ1) is 8.90. The maximum atomic E-state index is 13.1. The van der Waals surface area contributed by atoms with Gasteiger partial charge in [0.15, 0.2) is 0 Å². The summed E-state index contributed by atoms with van der Waals surface area (Å²) >= 11 is 0. The molecule has 2 N–H and O–H groups in total. The standard InChI is InChI=1S/C14H18FNO3/c1-9(3-6-13(17)18)8-16-14(19)11-4-5-12(15)10(2)7-11/h4-5,7,9H,3,6,8H2,1-2H3,(H,16,19)(H,17,18). The predicted octanol–water partition coefficient (Wildman–Crippen LogP) is 2.36. The number of rotatable bonds is 6. The number of halogens is 1. The van der Waals surface area contributed by atoms with Gasteiger partial charge in [-0.2, -0.15) is 0 Å². The zero-order valence-electron chi connectivity index (χ0n) is 11.1. The van der Waals surface area contributed by atoms with Gasteiger partial charge in [0.05, 0.1) is 0 Å². The summed E-state index contributed by atoms with van der Waals surface area (Å²) in [5, 5.41) is 11.3. The van der Waals surface area contributed by atoms with E-state index in [-0.39, 0.29) is 24.1 Å². The van der Waals surface area contributed by atoms with Crippen molar-refractivity contribution < 1.29 is 19.1 Å². The molecule has 0 saturated carbocycles. The third kappa shape index (κ3) is 5.07. The minimum atomic E-state index is -0.840. The second kappa shape index (κ2) is 6.87. The van der Waals surface area contributed by atoms with Gasteiger partial charge in [0.25, 0.3) is 5.91 Å². The highest BCUT2D eigenvalue weighted by molar-refractivity contribution is 5.94. The van der Waals surface area contributed by atoms with E-state index in [1.165, 1.54) is 18.2 Å². The molecule has 1 aromatic carbocycles. The highest BCUT2D eigenvalue weighted by Crippen LogP contribution is 2.10. The lowest BCUT2D eigenvalue weighted by atomic mass is 10.1. The molecule has 0 bridgehead atoms. The molecule has 104 valence electrons. The van der Waals surface area contributed by atoms with E-state index < -0.39 is 5.97 Å². The molecule has 0 saturated heterocycles. The highest BCUT2D eigenvalue weighted by Gasteiger charge is 2.10. The van der Waals surface area contributed by atoms with Gasteiger partial charge in [-0.05, 0) is 43.0 Å². The Kier molecular flexibility index (Phi) is 5.48. The second-order valence-corrected chi connectivity index (χ2v) is 4.71. The molecule has 0 radical (unpaired) electrons. The fraction of sp³-hybridized carbons (Fsp3) is 0.429. The minimum absolute atomic E-state index is 0.0848. The van der Waals surface area contributed by atoms with Crippen LogP contribution in [0.15, 0.2) is 18.2 Å². The molecule has 1 atom stereocenters. The van der Waals surface area contributed by atoms with Crippen LogP contribution in [-0.4, -0.2) is 23.5 Å². The summed E-state index contributed by atoms with van der Waals surface area (Å²) in [7, 11) is 0. The van der Waals surface area contributed by atoms with Crippen molar-refractivity contribution in [2.24, 2.45) is 5.92 Å². The SMILES string of the molecule is Cc1cc(C(=O)NCC(C)CCC(=O)O)ccc1F. The van der Waals surface area contributed by atoms with E-state index in [1.54, 1.807) is 6.92 Å². The van der Waals surface area contributed by atoms with Crippen LogP contribution in [-0.2, 0) is 4.79 Å². The van der Waals surface area contributed by atoms with E-state index >= 15 is 0 Å². The number of nitrogens with one attached hydrogen (secondary N) is 1. The molecule has 4 nitrogen and oxygen atoms in total. The number of carbonyl (C=O) groups is 2. The lowest BCUT2D eigenvalue weighted by Crippen LogP contribution is -2.28. The summed E-state index contributed by atoms with van der Waals surface area (Å²) < 4.78 is 13.1. The molecule has 0 spiro atoms. The molecule has 0 aromatic heterocycles. The van der Waals surface area contributed by atoms with E-state index in [1.807, 2.05) is 6.92 Å². The summed E-state index contributed by atoms with van der Waals surface area (Å²) in [4.78, 5) is 22.2. The van der Waals surface area contributed by atoms with Crippen LogP contribution < -0.4 is 5.32 Å². The number of carboxylic acid groups (broad SMARTS) is 1. The van der Waals surface area contributed by atoms with Crippen molar-refractivity contribution >= 4 is 11.9 Å². The van der Waals surface area contributed by atoms with Crippen molar-refractivity contribution in [3.63, 3.8) is 0 Å². The largest absolute Gasteiger partial charge is 0.481 e. The first kappa shape index (κ1) is 15.1. The molecule has 1 aromatic rings. The average Bonchev–Trinajstić information content (AvgIpc) is 2.36. The van der Waals surface area contributed by atoms with E-state index in [0.29, 0.717) is 24.1 Å². The molecular weight excluding hydrogens is 249 g/mol. The van der Waals surface area contributed by atoms with E-state index in [9.17, 15) is 14.0 Å². The van der Waals surface area contributed by atoms with Crippen LogP contribution >= 0.6 is 0 Å². The Morgan fingerprint density at radius 1 is 1.42 bits per heavy atom. The molecule has 1 rings (SSSR count). The first-order valence-electron chi connectivity index (χ1n) is 6.16. The molecular formula is C14H18FNO3. The molecule has 19 heavy (non-hydrogen) atoms. The fourth-order valence-electron chi connectivity index (χ4n) is 1.63. The molecule has 0 aliphatic heterocycles. The van der Waals surface area contributed by atoms with Crippen LogP contribution in [0, 0.1) is 18.7 Å². The third-order valence-corrected chi connectivity index (χ3v) is 2.88. The summed E-state index contributed by atoms with van der Waals surface area (Å²) in [5.74, 6) is -1.37. The summed E-state index contributed by atoms with van der Waals surface area (Å²) in [6, 6.07) is 4.18. The molecule has 5 heteroatoms. The summed E-state index contributed by atoms with van der Waals surface area (Å²) in [5.41, 5.74) is 0.830. The number of amides is 1. The Balaban J connectivity index is 2.46. The number of aryl methyl sites for hydroxylation is 1. The van der Waals surface area contributed by atoms with Crippen molar-refractivity contribution in [1.29, 1.82) is 0 Å². The Labute approximate surface area is 111 Å². The fourth-order valence-corrected chi connectivity index (χ4v) is 1.63. The van der Waals surface area contributed by atoms with Gasteiger partial charge >= 0.3 is 5.97 Å². The van der Waals surface area contributed by atoms with Crippen molar-refractivity contribution in [1.82, 2.24) is 5.32 Å². The van der Waals surface area contributed by atoms with Crippen molar-refractivity contribution in [3.05, 3.63) is 35.1 Å². The summed E-state index contributed by atoms with van der Waals surface area (Å²) in [6.07, 6.45) is 0.602. The molecule has 1 amide bonds. The lowest BCUT2D eigenvalue weighted by molar-refractivity contribution is -0.137. The van der Waals surface area contributed by atoms with Crippen LogP contribution in [0.3, 0.4) is 0 Å². The van der Waals surface area contributed by atoms with Crippen LogP contribution in [0.5, 0.6) is 0 Å². The topological polar surface area (TPSA) is 66.4 Å². The number of benzene rings is 1. The lowest BCUT2D eigenvalue weighted by Gasteiger charge is -2.11. The van der Waals surface area contributed by atoms with E-state index in [4.69, 9.17) is 5.11 Å². The van der Waals surface area contributed by atoms with Crippen LogP contribution in [0.25, 0.3) is 0 Å². The van der Waals surface area contributed by atoms with Gasteiger partial charge in [-0.3, -0.25) is 9.59 Å². The Morgan fingerprint density at radius 3 is 2.68 bits per heavy atom. The maximum Gasteiger partial charge on any atom is 0.303 e. The number of carboxylic acids is 1. The monoisotopic (exact) mass is 267 g/mol. The van der Waals surface area contributed by atoms with Crippen LogP contribution in [0.2, 0.25) is 0 Å². The molecule has 0 aliphatic rings. The van der Waals surface area contributed by atoms with Crippen LogP contribution in [0.4, 0.5) is 4.39 Å². The van der Waals surface area contributed by atoms with E-state index in [0.717, 1.165) is 0 Å². The van der Waals surface area contributed by atoms with Crippen molar-refractivity contribution in [2.75, 3.05) is 6.54 Å². The Morgan fingerprint density at radius 2 is 2.11 bits per heavy atom. The molecule has 0 aliphatic carbocycles. The predicted molar refractivity (Wildman–Crippen MR) is 69.5 cm³/mol. The zero-order chi connectivity index (χ0) is 14.4. The normalized spacial score (nSPS) is 11.9. The third-order valence-electron chi connectivity index (χ3n) is 2.88. The number of aliphatic carboxylic acids is 1. The highest BCUT2D eigenvalue weighted by atomic mass is 19.1. The quantitative estimate of drug-likeness (QED) is 0.831. The van der Waals surface area contributed by atoms with Crippen molar-refractivity contribution in [2.45, 2.75) is 26.7 Å². The van der Waals surface area contributed by atoms with Crippen LogP contribution in [0.1, 0.15) is 35.7 Å². The maximum absolute atomic E-state index is 13.1. The second-order valence-electron chi connectivity index (χ2n) is 4.71. The van der Waals surface area contributed by atoms with Crippen molar-refractivity contribution in [3.8, 4) is 0 Å². The molecule has 0 heterocycles. The smallest absolute Gasteiger partial charge is 0.303 e. The zero-order valence-corrected chi connectivity index (χ0v) is 11.1. The van der Waals surface area contributed by atoms with Gasteiger partial charge in [-0.25, -0.2) is 4.39 Å². The number of hydrogen-bond donors (Lipinski definition) is 2. The average molecular weight is 267 g/mol. The molecule has 1 unspecified atom stereocenters. The van der Waals surface area contributed by atoms with Gasteiger partial charge in [-0.15, -0.1) is 0 Å². The van der Waals surface area contributed by atoms with Gasteiger partial charge in [0, 0.05) is 18.5 Å². The number of carbonyl (C=O) groups excluding carboxylic acids is 1.